The summed E-state index contributed by atoms with van der Waals surface area (Å²) in [6.07, 6.45) is 0.346. The number of aliphatic imine (C=N–C) groups is 1. The monoisotopic (exact) mass is 372 g/mol. The van der Waals surface area contributed by atoms with Crippen molar-refractivity contribution >= 4 is 35.8 Å². The number of nitrogens with one attached hydrogen (secondary N) is 2. The number of carbonyl (C=O) groups excluding carboxylic acids is 1. The maximum atomic E-state index is 11.3. The Balaban J connectivity index is 0. The number of nitrogens with two attached hydrogens (primary N) is 1. The lowest BCUT2D eigenvalue weighted by molar-refractivity contribution is -0.121. The molecule has 0 bridgehead atoms. The number of nitrogens with zero attached hydrogens (tertiary/aromatic N) is 1. The van der Waals surface area contributed by atoms with Gasteiger partial charge in [0, 0.05) is 25.6 Å². The summed E-state index contributed by atoms with van der Waals surface area (Å²) in [5, 5.41) is 5.75. The molecule has 1 unspecified atom stereocenters. The zero-order valence-corrected chi connectivity index (χ0v) is 13.9. The Labute approximate surface area is 126 Å². The lowest BCUT2D eigenvalue weighted by Gasteiger charge is -2.13. The summed E-state index contributed by atoms with van der Waals surface area (Å²) in [5.74, 6) is 0.327. The van der Waals surface area contributed by atoms with Crippen molar-refractivity contribution in [3.63, 3.8) is 0 Å². The molecule has 0 saturated heterocycles. The summed E-state index contributed by atoms with van der Waals surface area (Å²) in [4.78, 5) is 15.4. The smallest absolute Gasteiger partial charge is 0.222 e. The van der Waals surface area contributed by atoms with E-state index in [9.17, 15) is 4.79 Å². The van der Waals surface area contributed by atoms with E-state index in [4.69, 9.17) is 10.5 Å². The Morgan fingerprint density at radius 1 is 1.33 bits per heavy atom. The minimum absolute atomic E-state index is 0. The molecule has 0 heterocycles. The molecule has 7 heteroatoms. The number of ether oxygens (including phenoxy) is 1. The molecule has 6 nitrogen and oxygen atoms in total. The Morgan fingerprint density at radius 2 is 1.94 bits per heavy atom. The number of methoxy groups -OCH3 is 1. The van der Waals surface area contributed by atoms with Crippen LogP contribution in [0.3, 0.4) is 0 Å². The molecule has 0 aliphatic rings. The first-order valence-electron chi connectivity index (χ1n) is 5.80. The molecule has 0 rings (SSSR count). The number of guanidine groups is 1. The van der Waals surface area contributed by atoms with E-state index in [2.05, 4.69) is 15.6 Å². The molecule has 0 fully saturated rings. The van der Waals surface area contributed by atoms with E-state index < -0.39 is 0 Å². The molecular formula is C11H25IN4O2. The minimum Gasteiger partial charge on any atom is -0.383 e. The van der Waals surface area contributed by atoms with Crippen molar-refractivity contribution in [3.05, 3.63) is 0 Å². The fourth-order valence-corrected chi connectivity index (χ4v) is 1.26. The molecule has 0 spiro atoms. The van der Waals surface area contributed by atoms with Crippen molar-refractivity contribution in [2.24, 2.45) is 10.7 Å². The molecular weight excluding hydrogens is 347 g/mol. The molecule has 1 amide bonds. The molecule has 18 heavy (non-hydrogen) atoms. The highest BCUT2D eigenvalue weighted by atomic mass is 127. The summed E-state index contributed by atoms with van der Waals surface area (Å²) in [5.41, 5.74) is 5.64. The number of halogens is 1. The van der Waals surface area contributed by atoms with Crippen molar-refractivity contribution in [2.75, 3.05) is 20.3 Å². The molecule has 0 aromatic rings. The maximum absolute atomic E-state index is 11.3. The first kappa shape index (κ1) is 19.8. The normalized spacial score (nSPS) is 12.8. The Bertz CT molecular complexity index is 259. The van der Waals surface area contributed by atoms with Gasteiger partial charge in [0.25, 0.3) is 0 Å². The number of rotatable bonds is 7. The molecule has 0 aromatic heterocycles. The van der Waals surface area contributed by atoms with Gasteiger partial charge in [-0.05, 0) is 20.8 Å². The van der Waals surface area contributed by atoms with E-state index in [1.807, 2.05) is 20.8 Å². The summed E-state index contributed by atoms with van der Waals surface area (Å²) in [6, 6.07) is 0.261. The van der Waals surface area contributed by atoms with Crippen LogP contribution in [0.4, 0.5) is 0 Å². The van der Waals surface area contributed by atoms with Gasteiger partial charge in [0.15, 0.2) is 5.96 Å². The standard InChI is InChI=1S/C11H24N4O2.HI/c1-8(2)14-10(16)5-6-13-11(12)15-9(3)7-17-4;/h8-9H,5-7H2,1-4H3,(H,14,16)(H3,12,13,15);1H. The van der Waals surface area contributed by atoms with Gasteiger partial charge in [0.05, 0.1) is 13.2 Å². The van der Waals surface area contributed by atoms with Crippen molar-refractivity contribution in [1.82, 2.24) is 10.6 Å². The molecule has 1 atom stereocenters. The molecule has 0 saturated carbocycles. The Morgan fingerprint density at radius 3 is 2.44 bits per heavy atom. The highest BCUT2D eigenvalue weighted by Crippen LogP contribution is 1.86. The van der Waals surface area contributed by atoms with Crippen LogP contribution < -0.4 is 16.4 Å². The van der Waals surface area contributed by atoms with Gasteiger partial charge < -0.3 is 21.1 Å². The lowest BCUT2D eigenvalue weighted by Crippen LogP contribution is -2.41. The van der Waals surface area contributed by atoms with Crippen LogP contribution in [-0.2, 0) is 9.53 Å². The number of hydrogen-bond acceptors (Lipinski definition) is 3. The van der Waals surface area contributed by atoms with Crippen LogP contribution in [0.2, 0.25) is 0 Å². The predicted molar refractivity (Wildman–Crippen MR) is 84.3 cm³/mol. The maximum Gasteiger partial charge on any atom is 0.222 e. The Kier molecular flexibility index (Phi) is 12.6. The quantitative estimate of drug-likeness (QED) is 0.344. The summed E-state index contributed by atoms with van der Waals surface area (Å²) < 4.78 is 4.95. The predicted octanol–water partition coefficient (Wildman–Crippen LogP) is 0.458. The van der Waals surface area contributed by atoms with Crippen LogP contribution >= 0.6 is 24.0 Å². The fourth-order valence-electron chi connectivity index (χ4n) is 1.26. The van der Waals surface area contributed by atoms with Gasteiger partial charge in [-0.15, -0.1) is 24.0 Å². The molecule has 4 N–H and O–H groups in total. The third-order valence-electron chi connectivity index (χ3n) is 1.88. The Hall–Kier alpha value is -0.570. The van der Waals surface area contributed by atoms with Crippen molar-refractivity contribution in [3.8, 4) is 0 Å². The third kappa shape index (κ3) is 11.9. The summed E-state index contributed by atoms with van der Waals surface area (Å²) in [6.45, 7) is 6.73. The van der Waals surface area contributed by atoms with Gasteiger partial charge in [-0.1, -0.05) is 0 Å². The lowest BCUT2D eigenvalue weighted by atomic mass is 10.3. The molecule has 0 radical (unpaired) electrons. The average molecular weight is 372 g/mol. The van der Waals surface area contributed by atoms with Gasteiger partial charge in [-0.2, -0.15) is 0 Å². The highest BCUT2D eigenvalue weighted by molar-refractivity contribution is 14.0. The number of hydrogen-bond donors (Lipinski definition) is 3. The summed E-state index contributed by atoms with van der Waals surface area (Å²) in [7, 11) is 1.63. The second kappa shape index (κ2) is 11.5. The van der Waals surface area contributed by atoms with Crippen LogP contribution in [0.15, 0.2) is 4.99 Å². The van der Waals surface area contributed by atoms with E-state index in [1.165, 1.54) is 0 Å². The van der Waals surface area contributed by atoms with E-state index in [1.54, 1.807) is 7.11 Å². The molecule has 0 aromatic carbocycles. The van der Waals surface area contributed by atoms with Crippen molar-refractivity contribution < 1.29 is 9.53 Å². The van der Waals surface area contributed by atoms with Crippen LogP contribution in [0.5, 0.6) is 0 Å². The zero-order chi connectivity index (χ0) is 13.3. The van der Waals surface area contributed by atoms with Crippen molar-refractivity contribution in [2.45, 2.75) is 39.3 Å². The average Bonchev–Trinajstić information content (AvgIpc) is 2.16. The second-order valence-electron chi connectivity index (χ2n) is 4.24. The van der Waals surface area contributed by atoms with Gasteiger partial charge in [-0.3, -0.25) is 9.79 Å². The SMILES string of the molecule is COCC(C)NC(N)=NCCC(=O)NC(C)C.I. The van der Waals surface area contributed by atoms with Crippen molar-refractivity contribution in [1.29, 1.82) is 0 Å². The van der Waals surface area contributed by atoms with Crippen LogP contribution in [0, 0.1) is 0 Å². The zero-order valence-electron chi connectivity index (χ0n) is 11.5. The van der Waals surface area contributed by atoms with Crippen LogP contribution in [0.1, 0.15) is 27.2 Å². The first-order valence-corrected chi connectivity index (χ1v) is 5.80. The molecule has 0 aliphatic carbocycles. The van der Waals surface area contributed by atoms with E-state index in [0.29, 0.717) is 25.5 Å². The number of carbonyl (C=O) groups is 1. The van der Waals surface area contributed by atoms with Gasteiger partial charge in [0.1, 0.15) is 0 Å². The van der Waals surface area contributed by atoms with Crippen LogP contribution in [-0.4, -0.2) is 44.2 Å². The highest BCUT2D eigenvalue weighted by Gasteiger charge is 2.03. The van der Waals surface area contributed by atoms with E-state index >= 15 is 0 Å². The van der Waals surface area contributed by atoms with Gasteiger partial charge in [-0.25, -0.2) is 0 Å². The fraction of sp³-hybridized carbons (Fsp3) is 0.818. The van der Waals surface area contributed by atoms with Gasteiger partial charge in [0.2, 0.25) is 5.91 Å². The van der Waals surface area contributed by atoms with Crippen LogP contribution in [0.25, 0.3) is 0 Å². The second-order valence-corrected chi connectivity index (χ2v) is 4.24. The summed E-state index contributed by atoms with van der Waals surface area (Å²) >= 11 is 0. The molecule has 108 valence electrons. The van der Waals surface area contributed by atoms with Gasteiger partial charge >= 0.3 is 0 Å². The first-order chi connectivity index (χ1) is 7.95. The van der Waals surface area contributed by atoms with E-state index in [0.717, 1.165) is 0 Å². The largest absolute Gasteiger partial charge is 0.383 e. The van der Waals surface area contributed by atoms with E-state index in [-0.39, 0.29) is 42.0 Å². The third-order valence-corrected chi connectivity index (χ3v) is 1.88. The minimum atomic E-state index is -0.0125. The number of amides is 1. The molecule has 0 aliphatic heterocycles. The topological polar surface area (TPSA) is 88.7 Å².